The zero-order valence-electron chi connectivity index (χ0n) is 16.7. The van der Waals surface area contributed by atoms with Gasteiger partial charge in [-0.15, -0.1) is 10.2 Å². The standard InChI is InChI=1S/C23H21ClN4OS/c1-3-28(20-10-6-8-16-7-4-5-9-19(16)20)21(29)15-30-23-26-25-22(27(23)2)17-11-13-18(24)14-12-17/h4-14H,3,15H2,1-2H3. The van der Waals surface area contributed by atoms with Crippen LogP contribution in [-0.2, 0) is 11.8 Å². The van der Waals surface area contributed by atoms with Crippen molar-refractivity contribution in [1.29, 1.82) is 0 Å². The third kappa shape index (κ3) is 4.06. The molecule has 152 valence electrons. The number of halogens is 1. The zero-order chi connectivity index (χ0) is 21.1. The third-order valence-corrected chi connectivity index (χ3v) is 6.19. The summed E-state index contributed by atoms with van der Waals surface area (Å²) in [7, 11) is 1.90. The van der Waals surface area contributed by atoms with Crippen LogP contribution in [0.4, 0.5) is 5.69 Å². The Balaban J connectivity index is 1.52. The Morgan fingerprint density at radius 1 is 1.03 bits per heavy atom. The Hall–Kier alpha value is -2.83. The molecular weight excluding hydrogens is 416 g/mol. The van der Waals surface area contributed by atoms with E-state index in [9.17, 15) is 4.79 Å². The van der Waals surface area contributed by atoms with E-state index in [0.717, 1.165) is 27.8 Å². The van der Waals surface area contributed by atoms with Crippen molar-refractivity contribution in [2.45, 2.75) is 12.1 Å². The Bertz CT molecular complexity index is 1180. The summed E-state index contributed by atoms with van der Waals surface area (Å²) in [4.78, 5) is 14.9. The lowest BCUT2D eigenvalue weighted by atomic mass is 10.1. The van der Waals surface area contributed by atoms with Crippen LogP contribution in [-0.4, -0.2) is 33.0 Å². The minimum absolute atomic E-state index is 0.0369. The van der Waals surface area contributed by atoms with E-state index in [1.807, 2.05) is 72.0 Å². The SMILES string of the molecule is CCN(C(=O)CSc1nnc(-c2ccc(Cl)cc2)n1C)c1cccc2ccccc12. The summed E-state index contributed by atoms with van der Waals surface area (Å²) >= 11 is 7.36. The first kappa shape index (κ1) is 20.4. The van der Waals surface area contributed by atoms with E-state index in [-0.39, 0.29) is 11.7 Å². The highest BCUT2D eigenvalue weighted by atomic mass is 35.5. The number of carbonyl (C=O) groups is 1. The molecule has 0 saturated carbocycles. The van der Waals surface area contributed by atoms with Crippen molar-refractivity contribution in [2.24, 2.45) is 7.05 Å². The van der Waals surface area contributed by atoms with Gasteiger partial charge in [0.1, 0.15) is 0 Å². The molecule has 0 radical (unpaired) electrons. The fraction of sp³-hybridized carbons (Fsp3) is 0.174. The maximum Gasteiger partial charge on any atom is 0.237 e. The van der Waals surface area contributed by atoms with Crippen LogP contribution in [0.15, 0.2) is 71.9 Å². The van der Waals surface area contributed by atoms with Crippen LogP contribution in [0.2, 0.25) is 5.02 Å². The van der Waals surface area contributed by atoms with Crippen LogP contribution >= 0.6 is 23.4 Å². The van der Waals surface area contributed by atoms with Gasteiger partial charge >= 0.3 is 0 Å². The van der Waals surface area contributed by atoms with Crippen LogP contribution in [0.1, 0.15) is 6.92 Å². The number of aromatic nitrogens is 3. The van der Waals surface area contributed by atoms with E-state index in [1.54, 1.807) is 0 Å². The first-order chi connectivity index (χ1) is 14.6. The van der Waals surface area contributed by atoms with Gasteiger partial charge in [0.2, 0.25) is 5.91 Å². The van der Waals surface area contributed by atoms with Crippen LogP contribution in [0.5, 0.6) is 0 Å². The van der Waals surface area contributed by atoms with Gasteiger partial charge in [-0.1, -0.05) is 59.8 Å². The molecule has 1 amide bonds. The highest BCUT2D eigenvalue weighted by molar-refractivity contribution is 7.99. The number of fused-ring (bicyclic) bond motifs is 1. The first-order valence-corrected chi connectivity index (χ1v) is 11.0. The predicted octanol–water partition coefficient (Wildman–Crippen LogP) is 5.43. The summed E-state index contributed by atoms with van der Waals surface area (Å²) in [5.74, 6) is 1.06. The Morgan fingerprint density at radius 2 is 1.77 bits per heavy atom. The number of rotatable bonds is 6. The summed E-state index contributed by atoms with van der Waals surface area (Å²) < 4.78 is 1.90. The van der Waals surface area contributed by atoms with Gasteiger partial charge in [0.25, 0.3) is 0 Å². The molecule has 3 aromatic carbocycles. The number of hydrogen-bond donors (Lipinski definition) is 0. The lowest BCUT2D eigenvalue weighted by Gasteiger charge is -2.22. The first-order valence-electron chi connectivity index (χ1n) is 9.64. The van der Waals surface area contributed by atoms with Gasteiger partial charge in [0.05, 0.1) is 11.4 Å². The van der Waals surface area contributed by atoms with Crippen LogP contribution in [0, 0.1) is 0 Å². The number of amides is 1. The average Bonchev–Trinajstić information content (AvgIpc) is 3.14. The topological polar surface area (TPSA) is 51.0 Å². The zero-order valence-corrected chi connectivity index (χ0v) is 18.3. The summed E-state index contributed by atoms with van der Waals surface area (Å²) in [6, 6.07) is 21.6. The van der Waals surface area contributed by atoms with Gasteiger partial charge < -0.3 is 9.47 Å². The molecule has 4 aromatic rings. The lowest BCUT2D eigenvalue weighted by Crippen LogP contribution is -2.32. The predicted molar refractivity (Wildman–Crippen MR) is 124 cm³/mol. The second kappa shape index (κ2) is 8.90. The molecule has 1 aromatic heterocycles. The molecule has 0 saturated heterocycles. The molecule has 0 fully saturated rings. The van der Waals surface area contributed by atoms with Crippen molar-refractivity contribution < 1.29 is 4.79 Å². The average molecular weight is 437 g/mol. The van der Waals surface area contributed by atoms with Crippen LogP contribution in [0.25, 0.3) is 22.2 Å². The Labute approximate surface area is 184 Å². The summed E-state index contributed by atoms with van der Waals surface area (Å²) in [6.07, 6.45) is 0. The molecule has 0 atom stereocenters. The van der Waals surface area contributed by atoms with Gasteiger partial charge in [0.15, 0.2) is 11.0 Å². The number of thioether (sulfide) groups is 1. The maximum atomic E-state index is 13.1. The fourth-order valence-electron chi connectivity index (χ4n) is 3.42. The van der Waals surface area contributed by atoms with Gasteiger partial charge in [0, 0.05) is 29.6 Å². The summed E-state index contributed by atoms with van der Waals surface area (Å²) in [5, 5.41) is 12.1. The van der Waals surface area contributed by atoms with Gasteiger partial charge in [-0.2, -0.15) is 0 Å². The number of hydrogen-bond acceptors (Lipinski definition) is 4. The van der Waals surface area contributed by atoms with E-state index in [4.69, 9.17) is 11.6 Å². The van der Waals surface area contributed by atoms with E-state index in [1.165, 1.54) is 11.8 Å². The molecule has 0 aliphatic carbocycles. The quantitative estimate of drug-likeness (QED) is 0.378. The Morgan fingerprint density at radius 3 is 2.53 bits per heavy atom. The van der Waals surface area contributed by atoms with Gasteiger partial charge in [-0.05, 0) is 42.6 Å². The Kier molecular flexibility index (Phi) is 6.06. The number of nitrogens with zero attached hydrogens (tertiary/aromatic N) is 4. The molecule has 30 heavy (non-hydrogen) atoms. The second-order valence-electron chi connectivity index (χ2n) is 6.80. The monoisotopic (exact) mass is 436 g/mol. The molecule has 0 aliphatic heterocycles. The molecule has 0 unspecified atom stereocenters. The summed E-state index contributed by atoms with van der Waals surface area (Å²) in [5.41, 5.74) is 1.86. The van der Waals surface area contributed by atoms with E-state index < -0.39 is 0 Å². The third-order valence-electron chi connectivity index (χ3n) is 4.94. The van der Waals surface area contributed by atoms with Crippen molar-refractivity contribution in [3.8, 4) is 11.4 Å². The van der Waals surface area contributed by atoms with Gasteiger partial charge in [-0.25, -0.2) is 0 Å². The molecule has 4 rings (SSSR count). The highest BCUT2D eigenvalue weighted by Crippen LogP contribution is 2.28. The van der Waals surface area contributed by atoms with Crippen LogP contribution < -0.4 is 4.90 Å². The minimum Gasteiger partial charge on any atom is -0.311 e. The van der Waals surface area contributed by atoms with E-state index in [0.29, 0.717) is 16.7 Å². The molecular formula is C23H21ClN4OS. The van der Waals surface area contributed by atoms with Crippen molar-refractivity contribution in [3.05, 3.63) is 71.8 Å². The van der Waals surface area contributed by atoms with E-state index in [2.05, 4.69) is 28.4 Å². The minimum atomic E-state index is 0.0369. The highest BCUT2D eigenvalue weighted by Gasteiger charge is 2.18. The van der Waals surface area contributed by atoms with Gasteiger partial charge in [-0.3, -0.25) is 4.79 Å². The van der Waals surface area contributed by atoms with E-state index >= 15 is 0 Å². The second-order valence-corrected chi connectivity index (χ2v) is 8.18. The van der Waals surface area contributed by atoms with Crippen molar-refractivity contribution in [1.82, 2.24) is 14.8 Å². The number of benzene rings is 3. The molecule has 0 aliphatic rings. The summed E-state index contributed by atoms with van der Waals surface area (Å²) in [6.45, 7) is 2.59. The molecule has 1 heterocycles. The normalized spacial score (nSPS) is 11.0. The fourth-order valence-corrected chi connectivity index (χ4v) is 4.33. The molecule has 0 bridgehead atoms. The van der Waals surface area contributed by atoms with Crippen molar-refractivity contribution in [2.75, 3.05) is 17.2 Å². The van der Waals surface area contributed by atoms with Crippen molar-refractivity contribution >= 4 is 45.7 Å². The molecule has 0 N–H and O–H groups in total. The maximum absolute atomic E-state index is 13.1. The molecule has 5 nitrogen and oxygen atoms in total. The number of anilines is 1. The molecule has 0 spiro atoms. The molecule has 7 heteroatoms. The smallest absolute Gasteiger partial charge is 0.237 e. The van der Waals surface area contributed by atoms with Crippen LogP contribution in [0.3, 0.4) is 0 Å². The number of carbonyl (C=O) groups excluding carboxylic acids is 1. The largest absolute Gasteiger partial charge is 0.311 e. The lowest BCUT2D eigenvalue weighted by molar-refractivity contribution is -0.116. The van der Waals surface area contributed by atoms with Crippen molar-refractivity contribution in [3.63, 3.8) is 0 Å².